The highest BCUT2D eigenvalue weighted by molar-refractivity contribution is 7.92. The van der Waals surface area contributed by atoms with E-state index in [1.165, 1.54) is 0 Å². The van der Waals surface area contributed by atoms with Crippen molar-refractivity contribution in [2.45, 2.75) is 25.7 Å². The molecule has 0 atom stereocenters. The molecule has 0 aliphatic carbocycles. The van der Waals surface area contributed by atoms with E-state index in [4.69, 9.17) is 11.6 Å². The summed E-state index contributed by atoms with van der Waals surface area (Å²) in [5.41, 5.74) is 2.93. The number of para-hydroxylation sites is 1. The summed E-state index contributed by atoms with van der Waals surface area (Å²) in [6.07, 6.45) is 0. The van der Waals surface area contributed by atoms with Crippen molar-refractivity contribution < 1.29 is 8.42 Å². The number of anilines is 1. The highest BCUT2D eigenvalue weighted by atomic mass is 35.5. The normalized spacial score (nSPS) is 11.4. The fourth-order valence-electron chi connectivity index (χ4n) is 2.04. The SMILES string of the molecule is Cc1cccc(C)c1NS(=O)(=O)c1cccc(Cl)c1C. The molecule has 0 aliphatic rings. The molecule has 0 aliphatic heterocycles. The van der Waals surface area contributed by atoms with Crippen molar-refractivity contribution in [3.8, 4) is 0 Å². The minimum absolute atomic E-state index is 0.202. The second-order valence-electron chi connectivity index (χ2n) is 4.74. The number of halogens is 1. The number of benzene rings is 2. The predicted molar refractivity (Wildman–Crippen MR) is 82.9 cm³/mol. The lowest BCUT2D eigenvalue weighted by Gasteiger charge is -2.14. The molecule has 20 heavy (non-hydrogen) atoms. The Morgan fingerprint density at radius 3 is 2.10 bits per heavy atom. The zero-order chi connectivity index (χ0) is 14.9. The molecule has 0 radical (unpaired) electrons. The van der Waals surface area contributed by atoms with E-state index in [1.54, 1.807) is 25.1 Å². The van der Waals surface area contributed by atoms with Gasteiger partial charge in [0.05, 0.1) is 10.6 Å². The van der Waals surface area contributed by atoms with Crippen LogP contribution in [0.3, 0.4) is 0 Å². The Kier molecular flexibility index (Phi) is 4.06. The molecule has 0 saturated carbocycles. The highest BCUT2D eigenvalue weighted by Crippen LogP contribution is 2.27. The molecule has 0 amide bonds. The van der Waals surface area contributed by atoms with Crippen LogP contribution in [0.15, 0.2) is 41.3 Å². The van der Waals surface area contributed by atoms with Gasteiger partial charge in [-0.15, -0.1) is 0 Å². The molecule has 2 aromatic carbocycles. The van der Waals surface area contributed by atoms with Crippen LogP contribution in [0.5, 0.6) is 0 Å². The van der Waals surface area contributed by atoms with E-state index in [0.29, 0.717) is 16.3 Å². The van der Waals surface area contributed by atoms with Gasteiger partial charge in [0, 0.05) is 5.02 Å². The fourth-order valence-corrected chi connectivity index (χ4v) is 3.75. The van der Waals surface area contributed by atoms with Crippen molar-refractivity contribution in [1.29, 1.82) is 0 Å². The predicted octanol–water partition coefficient (Wildman–Crippen LogP) is 4.07. The molecular weight excluding hydrogens is 294 g/mol. The Balaban J connectivity index is 2.50. The maximum Gasteiger partial charge on any atom is 0.262 e. The van der Waals surface area contributed by atoms with Gasteiger partial charge in [-0.3, -0.25) is 4.72 Å². The summed E-state index contributed by atoms with van der Waals surface area (Å²) < 4.78 is 27.7. The lowest BCUT2D eigenvalue weighted by atomic mass is 10.1. The molecule has 0 saturated heterocycles. The standard InChI is InChI=1S/C15H16ClNO2S/c1-10-6-4-7-11(2)15(10)17-20(18,19)14-9-5-8-13(16)12(14)3/h4-9,17H,1-3H3. The summed E-state index contributed by atoms with van der Waals surface area (Å²) >= 11 is 5.99. The number of hydrogen-bond acceptors (Lipinski definition) is 2. The highest BCUT2D eigenvalue weighted by Gasteiger charge is 2.19. The van der Waals surface area contributed by atoms with Crippen LogP contribution in [-0.2, 0) is 10.0 Å². The van der Waals surface area contributed by atoms with Gasteiger partial charge < -0.3 is 0 Å². The van der Waals surface area contributed by atoms with E-state index < -0.39 is 10.0 Å². The lowest BCUT2D eigenvalue weighted by Crippen LogP contribution is -2.16. The first-order valence-corrected chi connectivity index (χ1v) is 8.03. The van der Waals surface area contributed by atoms with E-state index >= 15 is 0 Å². The first-order chi connectivity index (χ1) is 9.33. The third-order valence-electron chi connectivity index (χ3n) is 3.23. The van der Waals surface area contributed by atoms with Crippen molar-refractivity contribution in [2.24, 2.45) is 0 Å². The lowest BCUT2D eigenvalue weighted by molar-refractivity contribution is 0.600. The van der Waals surface area contributed by atoms with Gasteiger partial charge in [-0.1, -0.05) is 35.9 Å². The van der Waals surface area contributed by atoms with Gasteiger partial charge in [0.25, 0.3) is 10.0 Å². The van der Waals surface area contributed by atoms with E-state index in [9.17, 15) is 8.42 Å². The first-order valence-electron chi connectivity index (χ1n) is 6.17. The second kappa shape index (κ2) is 5.46. The number of sulfonamides is 1. The minimum atomic E-state index is -3.65. The van der Waals surface area contributed by atoms with Crippen molar-refractivity contribution in [3.63, 3.8) is 0 Å². The average molecular weight is 310 g/mol. The number of nitrogens with one attached hydrogen (secondary N) is 1. The van der Waals surface area contributed by atoms with Crippen LogP contribution in [0, 0.1) is 20.8 Å². The van der Waals surface area contributed by atoms with Gasteiger partial charge in [0.1, 0.15) is 0 Å². The Hall–Kier alpha value is -1.52. The topological polar surface area (TPSA) is 46.2 Å². The van der Waals surface area contributed by atoms with Crippen LogP contribution >= 0.6 is 11.6 Å². The van der Waals surface area contributed by atoms with Gasteiger partial charge >= 0.3 is 0 Å². The average Bonchev–Trinajstić information content (AvgIpc) is 2.37. The fraction of sp³-hybridized carbons (Fsp3) is 0.200. The maximum atomic E-state index is 12.5. The third-order valence-corrected chi connectivity index (χ3v) is 5.13. The minimum Gasteiger partial charge on any atom is -0.279 e. The van der Waals surface area contributed by atoms with Gasteiger partial charge in [-0.05, 0) is 49.6 Å². The smallest absolute Gasteiger partial charge is 0.262 e. The second-order valence-corrected chi connectivity index (χ2v) is 6.79. The van der Waals surface area contributed by atoms with Crippen molar-refractivity contribution in [3.05, 3.63) is 58.1 Å². The Labute approximate surface area is 124 Å². The van der Waals surface area contributed by atoms with E-state index in [-0.39, 0.29) is 4.90 Å². The molecule has 0 spiro atoms. The summed E-state index contributed by atoms with van der Waals surface area (Å²) in [6.45, 7) is 5.44. The largest absolute Gasteiger partial charge is 0.279 e. The third kappa shape index (κ3) is 2.81. The Morgan fingerprint density at radius 1 is 0.950 bits per heavy atom. The van der Waals surface area contributed by atoms with Crippen LogP contribution in [0.25, 0.3) is 0 Å². The van der Waals surface area contributed by atoms with E-state index in [2.05, 4.69) is 4.72 Å². The van der Waals surface area contributed by atoms with Gasteiger partial charge in [0.15, 0.2) is 0 Å². The van der Waals surface area contributed by atoms with Crippen LogP contribution in [0.1, 0.15) is 16.7 Å². The van der Waals surface area contributed by atoms with E-state index in [0.717, 1.165) is 11.1 Å². The number of hydrogen-bond donors (Lipinski definition) is 1. The molecule has 0 bridgehead atoms. The molecule has 0 heterocycles. The summed E-state index contributed by atoms with van der Waals surface area (Å²) in [4.78, 5) is 0.202. The van der Waals surface area contributed by atoms with Crippen LogP contribution < -0.4 is 4.72 Å². The van der Waals surface area contributed by atoms with Crippen molar-refractivity contribution in [1.82, 2.24) is 0 Å². The quantitative estimate of drug-likeness (QED) is 0.929. The number of aryl methyl sites for hydroxylation is 2. The monoisotopic (exact) mass is 309 g/mol. The zero-order valence-electron chi connectivity index (χ0n) is 11.6. The molecule has 2 rings (SSSR count). The molecule has 0 fully saturated rings. The zero-order valence-corrected chi connectivity index (χ0v) is 13.1. The van der Waals surface area contributed by atoms with Crippen molar-refractivity contribution in [2.75, 3.05) is 4.72 Å². The molecular formula is C15H16ClNO2S. The van der Waals surface area contributed by atoms with Gasteiger partial charge in [0.2, 0.25) is 0 Å². The molecule has 5 heteroatoms. The number of rotatable bonds is 3. The summed E-state index contributed by atoms with van der Waals surface area (Å²) in [5, 5.41) is 0.439. The van der Waals surface area contributed by atoms with Crippen molar-refractivity contribution >= 4 is 27.3 Å². The van der Waals surface area contributed by atoms with Crippen LogP contribution in [0.4, 0.5) is 5.69 Å². The molecule has 1 N–H and O–H groups in total. The van der Waals surface area contributed by atoms with E-state index in [1.807, 2.05) is 32.0 Å². The Morgan fingerprint density at radius 2 is 1.50 bits per heavy atom. The van der Waals surface area contributed by atoms with Gasteiger partial charge in [-0.2, -0.15) is 0 Å². The Bertz CT molecular complexity index is 734. The van der Waals surface area contributed by atoms with Crippen LogP contribution in [-0.4, -0.2) is 8.42 Å². The molecule has 0 unspecified atom stereocenters. The van der Waals surface area contributed by atoms with Gasteiger partial charge in [-0.25, -0.2) is 8.42 Å². The summed E-state index contributed by atoms with van der Waals surface area (Å²) in [6, 6.07) is 10.5. The maximum absolute atomic E-state index is 12.5. The molecule has 2 aromatic rings. The summed E-state index contributed by atoms with van der Waals surface area (Å²) in [7, 11) is -3.65. The summed E-state index contributed by atoms with van der Waals surface area (Å²) in [5.74, 6) is 0. The molecule has 0 aromatic heterocycles. The first kappa shape index (κ1) is 14.9. The molecule has 3 nitrogen and oxygen atoms in total. The van der Waals surface area contributed by atoms with Crippen LogP contribution in [0.2, 0.25) is 5.02 Å². The molecule has 106 valence electrons.